The number of carboxylic acid groups (broad SMARTS) is 1. The summed E-state index contributed by atoms with van der Waals surface area (Å²) in [4.78, 5) is 24.3. The summed E-state index contributed by atoms with van der Waals surface area (Å²) in [6, 6.07) is 26.9. The molecule has 1 amide bonds. The molecule has 9 heteroatoms. The molecule has 9 nitrogen and oxygen atoms in total. The summed E-state index contributed by atoms with van der Waals surface area (Å²) in [5.74, 6) is -0.724. The Kier molecular flexibility index (Phi) is 8.49. The second-order valence-corrected chi connectivity index (χ2v) is 8.59. The van der Waals surface area contributed by atoms with Gasteiger partial charge in [-0.05, 0) is 30.0 Å². The van der Waals surface area contributed by atoms with Gasteiger partial charge in [0.25, 0.3) is 0 Å². The highest BCUT2D eigenvalue weighted by Crippen LogP contribution is 2.32. The maximum absolute atomic E-state index is 12.6. The Morgan fingerprint density at radius 2 is 1.66 bits per heavy atom. The fourth-order valence-corrected chi connectivity index (χ4v) is 3.88. The van der Waals surface area contributed by atoms with Gasteiger partial charge in [-0.15, -0.1) is 0 Å². The zero-order chi connectivity index (χ0) is 26.9. The standard InChI is InChI=1S/C29H26N4O5/c1-19(22-10-6-3-7-11-22)37-29(36)32-26-25(17-30)33-38-27(26)23-14-12-21(13-15-23)18-31-24(28(34)35)16-20-8-4-2-5-9-20/h2-15,19,24,31H,16,18H2,1H3,(H,32,36)(H,34,35). The lowest BCUT2D eigenvalue weighted by atomic mass is 10.0. The summed E-state index contributed by atoms with van der Waals surface area (Å²) < 4.78 is 10.8. The van der Waals surface area contributed by atoms with Gasteiger partial charge < -0.3 is 19.7 Å². The molecule has 2 atom stereocenters. The average Bonchev–Trinajstić information content (AvgIpc) is 3.34. The quantitative estimate of drug-likeness (QED) is 0.261. The van der Waals surface area contributed by atoms with Gasteiger partial charge >= 0.3 is 12.1 Å². The van der Waals surface area contributed by atoms with Crippen molar-refractivity contribution in [3.63, 3.8) is 0 Å². The van der Waals surface area contributed by atoms with Crippen LogP contribution in [-0.4, -0.2) is 28.4 Å². The van der Waals surface area contributed by atoms with Gasteiger partial charge in [-0.25, -0.2) is 4.79 Å². The van der Waals surface area contributed by atoms with Crippen LogP contribution in [0.1, 0.15) is 35.4 Å². The molecule has 3 aromatic carbocycles. The van der Waals surface area contributed by atoms with Crippen LogP contribution < -0.4 is 10.6 Å². The number of nitrogens with one attached hydrogen (secondary N) is 2. The van der Waals surface area contributed by atoms with Crippen LogP contribution in [-0.2, 0) is 22.5 Å². The lowest BCUT2D eigenvalue weighted by Crippen LogP contribution is -2.38. The molecule has 1 aromatic heterocycles. The number of benzene rings is 3. The van der Waals surface area contributed by atoms with Gasteiger partial charge in [0.05, 0.1) is 0 Å². The molecule has 1 heterocycles. The molecule has 4 rings (SSSR count). The monoisotopic (exact) mass is 510 g/mol. The Balaban J connectivity index is 1.42. The summed E-state index contributed by atoms with van der Waals surface area (Å²) >= 11 is 0. The molecular weight excluding hydrogens is 484 g/mol. The van der Waals surface area contributed by atoms with Crippen molar-refractivity contribution in [2.75, 3.05) is 5.32 Å². The number of nitriles is 1. The molecule has 3 N–H and O–H groups in total. The maximum atomic E-state index is 12.6. The minimum absolute atomic E-state index is 0.0831. The minimum atomic E-state index is -0.930. The number of aliphatic carboxylic acids is 1. The molecule has 0 aliphatic carbocycles. The third kappa shape index (κ3) is 6.63. The zero-order valence-electron chi connectivity index (χ0n) is 20.6. The van der Waals surface area contributed by atoms with Gasteiger partial charge in [0, 0.05) is 12.1 Å². The fourth-order valence-electron chi connectivity index (χ4n) is 3.88. The van der Waals surface area contributed by atoms with Crippen LogP contribution in [0.3, 0.4) is 0 Å². The molecule has 0 aliphatic rings. The number of carboxylic acids is 1. The Labute approximate surface area is 219 Å². The summed E-state index contributed by atoms with van der Waals surface area (Å²) in [7, 11) is 0. The van der Waals surface area contributed by atoms with E-state index in [9.17, 15) is 20.0 Å². The Morgan fingerprint density at radius 1 is 1.00 bits per heavy atom. The van der Waals surface area contributed by atoms with Crippen molar-refractivity contribution in [3.05, 3.63) is 107 Å². The molecule has 0 aliphatic heterocycles. The van der Waals surface area contributed by atoms with E-state index in [4.69, 9.17) is 9.26 Å². The van der Waals surface area contributed by atoms with Gasteiger partial charge in [-0.2, -0.15) is 5.26 Å². The second-order valence-electron chi connectivity index (χ2n) is 8.59. The molecule has 0 radical (unpaired) electrons. The number of rotatable bonds is 10. The lowest BCUT2D eigenvalue weighted by molar-refractivity contribution is -0.139. The summed E-state index contributed by atoms with van der Waals surface area (Å²) in [6.45, 7) is 2.08. The van der Waals surface area contributed by atoms with Crippen molar-refractivity contribution in [3.8, 4) is 17.4 Å². The normalized spacial score (nSPS) is 12.2. The number of amides is 1. The molecular formula is C29H26N4O5. The maximum Gasteiger partial charge on any atom is 0.412 e. The molecule has 0 spiro atoms. The number of carbonyl (C=O) groups excluding carboxylic acids is 1. The van der Waals surface area contributed by atoms with Gasteiger partial charge in [0.15, 0.2) is 5.76 Å². The van der Waals surface area contributed by atoms with E-state index in [1.165, 1.54) is 0 Å². The van der Waals surface area contributed by atoms with Crippen molar-refractivity contribution in [1.82, 2.24) is 10.5 Å². The SMILES string of the molecule is CC(OC(=O)Nc1c(C#N)noc1-c1ccc(CNC(Cc2ccccc2)C(=O)O)cc1)c1ccccc1. The van der Waals surface area contributed by atoms with Crippen molar-refractivity contribution in [2.45, 2.75) is 32.0 Å². The molecule has 0 fully saturated rings. The number of ether oxygens (including phenoxy) is 1. The first kappa shape index (κ1) is 26.1. The van der Waals surface area contributed by atoms with E-state index in [0.717, 1.165) is 16.7 Å². The highest BCUT2D eigenvalue weighted by atomic mass is 16.6. The summed E-state index contributed by atoms with van der Waals surface area (Å²) in [6.07, 6.45) is -0.897. The Morgan fingerprint density at radius 3 is 2.29 bits per heavy atom. The van der Waals surface area contributed by atoms with Crippen LogP contribution in [0.2, 0.25) is 0 Å². The van der Waals surface area contributed by atoms with Crippen LogP contribution in [0.25, 0.3) is 11.3 Å². The number of anilines is 1. The first-order chi connectivity index (χ1) is 18.4. The predicted octanol–water partition coefficient (Wildman–Crippen LogP) is 5.31. The van der Waals surface area contributed by atoms with E-state index in [1.54, 1.807) is 31.2 Å². The number of hydrogen-bond donors (Lipinski definition) is 3. The van der Waals surface area contributed by atoms with Gasteiger partial charge in [0.2, 0.25) is 5.69 Å². The van der Waals surface area contributed by atoms with Crippen molar-refractivity contribution in [2.24, 2.45) is 0 Å². The third-order valence-electron chi connectivity index (χ3n) is 5.93. The van der Waals surface area contributed by atoms with Crippen LogP contribution in [0.5, 0.6) is 0 Å². The smallest absolute Gasteiger partial charge is 0.412 e. The minimum Gasteiger partial charge on any atom is -0.480 e. The zero-order valence-corrected chi connectivity index (χ0v) is 20.6. The largest absolute Gasteiger partial charge is 0.480 e. The third-order valence-corrected chi connectivity index (χ3v) is 5.93. The second kappa shape index (κ2) is 12.3. The molecule has 0 saturated carbocycles. The van der Waals surface area contributed by atoms with E-state index in [2.05, 4.69) is 15.8 Å². The molecule has 0 bridgehead atoms. The highest BCUT2D eigenvalue weighted by Gasteiger charge is 2.22. The van der Waals surface area contributed by atoms with Crippen LogP contribution in [0.15, 0.2) is 89.5 Å². The average molecular weight is 511 g/mol. The first-order valence-corrected chi connectivity index (χ1v) is 12.0. The van der Waals surface area contributed by atoms with Gasteiger partial charge in [0.1, 0.15) is 23.9 Å². The molecule has 38 heavy (non-hydrogen) atoms. The van der Waals surface area contributed by atoms with Crippen LogP contribution in [0, 0.1) is 11.3 Å². The van der Waals surface area contributed by atoms with Gasteiger partial charge in [-0.3, -0.25) is 10.1 Å². The number of carbonyl (C=O) groups is 2. The van der Waals surface area contributed by atoms with E-state index in [1.807, 2.05) is 66.7 Å². The van der Waals surface area contributed by atoms with Gasteiger partial charge in [-0.1, -0.05) is 90.1 Å². The van der Waals surface area contributed by atoms with Crippen LogP contribution >= 0.6 is 0 Å². The lowest BCUT2D eigenvalue weighted by Gasteiger charge is -2.15. The molecule has 192 valence electrons. The van der Waals surface area contributed by atoms with E-state index >= 15 is 0 Å². The fraction of sp³-hybridized carbons (Fsp3) is 0.172. The number of hydrogen-bond acceptors (Lipinski definition) is 7. The topological polar surface area (TPSA) is 137 Å². The molecule has 0 saturated heterocycles. The Hall–Kier alpha value is -4.94. The van der Waals surface area contributed by atoms with Crippen molar-refractivity contribution < 1.29 is 24.0 Å². The summed E-state index contributed by atoms with van der Waals surface area (Å²) in [5, 5.41) is 28.5. The van der Waals surface area contributed by atoms with E-state index in [0.29, 0.717) is 18.5 Å². The van der Waals surface area contributed by atoms with E-state index < -0.39 is 24.2 Å². The van der Waals surface area contributed by atoms with Crippen LogP contribution in [0.4, 0.5) is 10.5 Å². The first-order valence-electron chi connectivity index (χ1n) is 12.0. The molecule has 2 unspecified atom stereocenters. The predicted molar refractivity (Wildman–Crippen MR) is 140 cm³/mol. The highest BCUT2D eigenvalue weighted by molar-refractivity contribution is 5.91. The van der Waals surface area contributed by atoms with Crippen molar-refractivity contribution in [1.29, 1.82) is 5.26 Å². The number of aromatic nitrogens is 1. The van der Waals surface area contributed by atoms with E-state index in [-0.39, 0.29) is 17.1 Å². The number of nitrogens with zero attached hydrogens (tertiary/aromatic N) is 2. The summed E-state index contributed by atoms with van der Waals surface area (Å²) in [5.41, 5.74) is 3.20. The molecule has 4 aromatic rings. The van der Waals surface area contributed by atoms with Crippen molar-refractivity contribution >= 4 is 17.7 Å². The Bertz CT molecular complexity index is 1410.